The lowest BCUT2D eigenvalue weighted by atomic mass is 10.4. The molecule has 0 radical (unpaired) electrons. The molecule has 7 heteroatoms. The maximum atomic E-state index is 8.42. The number of thioether (sulfide) groups is 1. The van der Waals surface area contributed by atoms with Crippen LogP contribution in [0.5, 0.6) is 0 Å². The Morgan fingerprint density at radius 3 is 3.18 bits per heavy atom. The maximum absolute atomic E-state index is 8.42. The lowest BCUT2D eigenvalue weighted by Crippen LogP contribution is -2.31. The van der Waals surface area contributed by atoms with Gasteiger partial charge in [-0.25, -0.2) is 0 Å². The second-order valence-electron chi connectivity index (χ2n) is 2.98. The summed E-state index contributed by atoms with van der Waals surface area (Å²) in [5, 5.41) is 21.5. The highest BCUT2D eigenvalue weighted by Gasteiger charge is 1.95. The van der Waals surface area contributed by atoms with Crippen LogP contribution in [0.2, 0.25) is 0 Å². The van der Waals surface area contributed by atoms with E-state index in [1.54, 1.807) is 25.0 Å². The first-order valence-corrected chi connectivity index (χ1v) is 6.24. The van der Waals surface area contributed by atoms with E-state index in [4.69, 9.17) is 5.26 Å². The molecule has 0 atom stereocenters. The Hall–Kier alpha value is -1.81. The average molecular weight is 250 g/mol. The minimum absolute atomic E-state index is 0.493. The summed E-state index contributed by atoms with van der Waals surface area (Å²) in [4.78, 5) is 4.18. The van der Waals surface area contributed by atoms with Crippen molar-refractivity contribution in [2.24, 2.45) is 4.99 Å². The molecule has 1 rings (SSSR count). The summed E-state index contributed by atoms with van der Waals surface area (Å²) in [6.45, 7) is 0.649. The van der Waals surface area contributed by atoms with E-state index >= 15 is 0 Å². The first-order chi connectivity index (χ1) is 8.36. The molecule has 1 heterocycles. The van der Waals surface area contributed by atoms with Crippen molar-refractivity contribution in [2.45, 2.75) is 5.75 Å². The van der Waals surface area contributed by atoms with Gasteiger partial charge in [-0.2, -0.15) is 27.2 Å². The van der Waals surface area contributed by atoms with E-state index < -0.39 is 0 Å². The molecule has 0 spiro atoms. The molecular formula is C10H14N6S. The van der Waals surface area contributed by atoms with Gasteiger partial charge in [0, 0.05) is 24.8 Å². The summed E-state index contributed by atoms with van der Waals surface area (Å²) in [5.74, 6) is 2.19. The maximum Gasteiger partial charge on any atom is 0.204 e. The fourth-order valence-electron chi connectivity index (χ4n) is 1.04. The zero-order valence-corrected chi connectivity index (χ0v) is 10.4. The van der Waals surface area contributed by atoms with E-state index in [0.29, 0.717) is 12.5 Å². The Morgan fingerprint density at radius 2 is 2.53 bits per heavy atom. The standard InChI is InChI=1S/C10H14N6S/c1-12-10(14-8-11)13-5-6-17-7-9-3-2-4-15-16-9/h2-4H,5-7H2,1H3,(H2,12,13,14). The highest BCUT2D eigenvalue weighted by atomic mass is 32.2. The quantitative estimate of drug-likeness (QED) is 0.258. The molecular weight excluding hydrogens is 236 g/mol. The summed E-state index contributed by atoms with van der Waals surface area (Å²) in [7, 11) is 1.72. The van der Waals surface area contributed by atoms with Crippen molar-refractivity contribution in [1.29, 1.82) is 5.26 Å². The SMILES string of the molecule is CN/C(=N/CCSCc1cccnn1)NC#N. The lowest BCUT2D eigenvalue weighted by Gasteiger charge is -2.02. The van der Waals surface area contributed by atoms with Gasteiger partial charge in [0.25, 0.3) is 0 Å². The molecule has 6 nitrogen and oxygen atoms in total. The third kappa shape index (κ3) is 5.73. The Labute approximate surface area is 105 Å². The molecule has 0 aliphatic heterocycles. The number of hydrogen-bond acceptors (Lipinski definition) is 5. The molecule has 1 aromatic rings. The highest BCUT2D eigenvalue weighted by Crippen LogP contribution is 2.07. The molecule has 0 aliphatic carbocycles. The number of nitriles is 1. The Kier molecular flexibility index (Phi) is 6.51. The van der Waals surface area contributed by atoms with Gasteiger partial charge in [0.05, 0.1) is 12.2 Å². The predicted molar refractivity (Wildman–Crippen MR) is 68.3 cm³/mol. The lowest BCUT2D eigenvalue weighted by molar-refractivity contribution is 0.969. The molecule has 0 amide bonds. The molecule has 0 fully saturated rings. The van der Waals surface area contributed by atoms with E-state index in [9.17, 15) is 0 Å². The number of rotatable bonds is 5. The van der Waals surface area contributed by atoms with Crippen molar-refractivity contribution in [3.05, 3.63) is 24.0 Å². The van der Waals surface area contributed by atoms with Crippen molar-refractivity contribution >= 4 is 17.7 Å². The van der Waals surface area contributed by atoms with Gasteiger partial charge in [-0.15, -0.1) is 0 Å². The minimum Gasteiger partial charge on any atom is -0.359 e. The zero-order valence-electron chi connectivity index (χ0n) is 9.55. The van der Waals surface area contributed by atoms with Crippen molar-refractivity contribution in [3.8, 4) is 6.19 Å². The smallest absolute Gasteiger partial charge is 0.204 e. The fourth-order valence-corrected chi connectivity index (χ4v) is 1.77. The Morgan fingerprint density at radius 1 is 1.65 bits per heavy atom. The van der Waals surface area contributed by atoms with E-state index in [2.05, 4.69) is 25.8 Å². The van der Waals surface area contributed by atoms with Gasteiger partial charge < -0.3 is 5.32 Å². The Balaban J connectivity index is 2.18. The molecule has 1 aromatic heterocycles. The van der Waals surface area contributed by atoms with E-state index in [1.807, 2.05) is 18.3 Å². The molecule has 0 saturated carbocycles. The molecule has 90 valence electrons. The number of hydrogen-bond donors (Lipinski definition) is 2. The van der Waals surface area contributed by atoms with Gasteiger partial charge in [-0.05, 0) is 12.1 Å². The van der Waals surface area contributed by atoms with Gasteiger partial charge >= 0.3 is 0 Å². The number of nitrogens with zero attached hydrogens (tertiary/aromatic N) is 4. The van der Waals surface area contributed by atoms with Crippen LogP contribution < -0.4 is 10.6 Å². The summed E-state index contributed by atoms with van der Waals surface area (Å²) in [5.41, 5.74) is 0.963. The minimum atomic E-state index is 0.493. The van der Waals surface area contributed by atoms with Gasteiger partial charge in [0.2, 0.25) is 5.96 Å². The van der Waals surface area contributed by atoms with Crippen molar-refractivity contribution < 1.29 is 0 Å². The van der Waals surface area contributed by atoms with E-state index in [0.717, 1.165) is 17.2 Å². The first kappa shape index (κ1) is 13.3. The summed E-state index contributed by atoms with van der Waals surface area (Å²) in [6.07, 6.45) is 3.48. The van der Waals surface area contributed by atoms with E-state index in [-0.39, 0.29) is 0 Å². The van der Waals surface area contributed by atoms with Crippen LogP contribution in [0.1, 0.15) is 5.69 Å². The molecule has 0 unspecified atom stereocenters. The number of nitrogens with one attached hydrogen (secondary N) is 2. The number of aliphatic imine (C=N–C) groups is 1. The second-order valence-corrected chi connectivity index (χ2v) is 4.09. The van der Waals surface area contributed by atoms with Gasteiger partial charge in [-0.3, -0.25) is 10.3 Å². The van der Waals surface area contributed by atoms with Crippen LogP contribution in [0.25, 0.3) is 0 Å². The van der Waals surface area contributed by atoms with Crippen LogP contribution in [-0.4, -0.2) is 35.5 Å². The summed E-state index contributed by atoms with van der Waals surface area (Å²) in [6, 6.07) is 3.82. The molecule has 0 bridgehead atoms. The largest absolute Gasteiger partial charge is 0.359 e. The predicted octanol–water partition coefficient (Wildman–Crippen LogP) is 0.356. The first-order valence-electron chi connectivity index (χ1n) is 5.08. The van der Waals surface area contributed by atoms with Crippen LogP contribution >= 0.6 is 11.8 Å². The van der Waals surface area contributed by atoms with Crippen LogP contribution in [0, 0.1) is 11.5 Å². The molecule has 17 heavy (non-hydrogen) atoms. The van der Waals surface area contributed by atoms with Gasteiger partial charge in [-0.1, -0.05) is 0 Å². The van der Waals surface area contributed by atoms with Crippen LogP contribution in [0.3, 0.4) is 0 Å². The van der Waals surface area contributed by atoms with E-state index in [1.165, 1.54) is 0 Å². The van der Waals surface area contributed by atoms with Gasteiger partial charge in [0.1, 0.15) is 0 Å². The molecule has 2 N–H and O–H groups in total. The third-order valence-corrected chi connectivity index (χ3v) is 2.77. The van der Waals surface area contributed by atoms with Gasteiger partial charge in [0.15, 0.2) is 6.19 Å². The highest BCUT2D eigenvalue weighted by molar-refractivity contribution is 7.98. The molecule has 0 aromatic carbocycles. The Bertz CT molecular complexity index is 386. The average Bonchev–Trinajstić information content (AvgIpc) is 2.38. The topological polar surface area (TPSA) is 86.0 Å². The van der Waals surface area contributed by atoms with Crippen LogP contribution in [0.4, 0.5) is 0 Å². The van der Waals surface area contributed by atoms with Crippen LogP contribution in [-0.2, 0) is 5.75 Å². The number of guanidine groups is 1. The monoisotopic (exact) mass is 250 g/mol. The fraction of sp³-hybridized carbons (Fsp3) is 0.400. The summed E-state index contributed by atoms with van der Waals surface area (Å²) >= 11 is 1.73. The summed E-state index contributed by atoms with van der Waals surface area (Å²) < 4.78 is 0. The van der Waals surface area contributed by atoms with Crippen molar-refractivity contribution in [1.82, 2.24) is 20.8 Å². The normalized spacial score (nSPS) is 10.7. The zero-order chi connectivity index (χ0) is 12.3. The van der Waals surface area contributed by atoms with Crippen LogP contribution in [0.15, 0.2) is 23.3 Å². The molecule has 0 saturated heterocycles. The van der Waals surface area contributed by atoms with Crippen molar-refractivity contribution in [3.63, 3.8) is 0 Å². The second kappa shape index (κ2) is 8.35. The number of aromatic nitrogens is 2. The van der Waals surface area contributed by atoms with Crippen molar-refractivity contribution in [2.75, 3.05) is 19.3 Å². The third-order valence-electron chi connectivity index (χ3n) is 1.79. The molecule has 0 aliphatic rings.